The Labute approximate surface area is 228 Å². The van der Waals surface area contributed by atoms with Gasteiger partial charge in [-0.25, -0.2) is 0 Å². The Morgan fingerprint density at radius 3 is 2.71 bits per heavy atom. The zero-order valence-corrected chi connectivity index (χ0v) is 22.9. The highest BCUT2D eigenvalue weighted by atomic mass is 35.5. The number of methoxy groups -OCH3 is 1. The number of benzene rings is 2. The number of ether oxygens (including phenoxy) is 1. The number of nitrogens with zero attached hydrogens (tertiary/aromatic N) is 1. The molecule has 2 aromatic carbocycles. The normalized spacial score (nSPS) is 26.8. The number of ketones is 1. The van der Waals surface area contributed by atoms with E-state index in [0.29, 0.717) is 23.1 Å². The number of phenolic OH excluding ortho intramolecular Hbond substituents is 1. The summed E-state index contributed by atoms with van der Waals surface area (Å²) in [6.07, 6.45) is 10.2. The first kappa shape index (κ1) is 25.4. The van der Waals surface area contributed by atoms with Gasteiger partial charge in [0.15, 0.2) is 17.3 Å². The lowest BCUT2D eigenvalue weighted by Gasteiger charge is -2.49. The molecule has 0 amide bonds. The molecule has 38 heavy (non-hydrogen) atoms. The van der Waals surface area contributed by atoms with Crippen LogP contribution in [0.2, 0.25) is 5.02 Å². The molecule has 200 valence electrons. The number of Topliss-reactive ketones (excluding diaryl/α,β-unsaturated/α-hetero) is 1. The van der Waals surface area contributed by atoms with Crippen LogP contribution in [0.3, 0.4) is 0 Å². The average Bonchev–Trinajstić information content (AvgIpc) is 3.74. The maximum atomic E-state index is 13.4. The van der Waals surface area contributed by atoms with Crippen LogP contribution in [0.1, 0.15) is 68.6 Å². The molecule has 3 aliphatic rings. The molecule has 4 N–H and O–H groups in total. The van der Waals surface area contributed by atoms with Gasteiger partial charge in [-0.2, -0.15) is 0 Å². The Kier molecular flexibility index (Phi) is 6.51. The van der Waals surface area contributed by atoms with Gasteiger partial charge in [0.25, 0.3) is 0 Å². The molecule has 6 rings (SSSR count). The molecular formula is C31H36ClN3O3. The zero-order valence-electron chi connectivity index (χ0n) is 22.1. The molecule has 0 saturated heterocycles. The summed E-state index contributed by atoms with van der Waals surface area (Å²) < 4.78 is 5.33. The van der Waals surface area contributed by atoms with Crippen molar-refractivity contribution in [2.75, 3.05) is 12.4 Å². The predicted molar refractivity (Wildman–Crippen MR) is 152 cm³/mol. The van der Waals surface area contributed by atoms with Crippen LogP contribution in [0, 0.1) is 17.8 Å². The molecule has 0 aliphatic heterocycles. The van der Waals surface area contributed by atoms with Gasteiger partial charge in [-0.3, -0.25) is 9.78 Å². The number of phenols is 1. The van der Waals surface area contributed by atoms with Gasteiger partial charge in [-0.05, 0) is 92.2 Å². The number of anilines is 1. The molecule has 1 heterocycles. The Balaban J connectivity index is 1.42. The van der Waals surface area contributed by atoms with Crippen LogP contribution in [0.15, 0.2) is 36.5 Å². The molecule has 1 aromatic heterocycles. The van der Waals surface area contributed by atoms with E-state index in [-0.39, 0.29) is 34.1 Å². The van der Waals surface area contributed by atoms with Crippen molar-refractivity contribution in [2.45, 2.75) is 69.9 Å². The molecular weight excluding hydrogens is 498 g/mol. The van der Waals surface area contributed by atoms with Crippen LogP contribution in [-0.2, 0) is 0 Å². The van der Waals surface area contributed by atoms with E-state index in [4.69, 9.17) is 22.1 Å². The van der Waals surface area contributed by atoms with E-state index in [9.17, 15) is 9.90 Å². The highest BCUT2D eigenvalue weighted by Crippen LogP contribution is 2.47. The lowest BCUT2D eigenvalue weighted by molar-refractivity contribution is 0.0965. The van der Waals surface area contributed by atoms with Crippen LogP contribution >= 0.6 is 11.6 Å². The van der Waals surface area contributed by atoms with Crippen LogP contribution in [-0.4, -0.2) is 34.6 Å². The van der Waals surface area contributed by atoms with Gasteiger partial charge in [-0.15, -0.1) is 0 Å². The molecule has 3 fully saturated rings. The van der Waals surface area contributed by atoms with E-state index in [1.807, 2.05) is 12.1 Å². The van der Waals surface area contributed by atoms with E-state index >= 15 is 0 Å². The Bertz CT molecular complexity index is 1400. The maximum Gasteiger partial charge on any atom is 0.176 e. The fraction of sp³-hybridized carbons (Fsp3) is 0.484. The first-order valence-electron chi connectivity index (χ1n) is 13.9. The summed E-state index contributed by atoms with van der Waals surface area (Å²) >= 11 is 6.30. The van der Waals surface area contributed by atoms with E-state index < -0.39 is 0 Å². The first-order valence-corrected chi connectivity index (χ1v) is 14.2. The van der Waals surface area contributed by atoms with Crippen molar-refractivity contribution < 1.29 is 14.6 Å². The van der Waals surface area contributed by atoms with Crippen molar-refractivity contribution in [1.82, 2.24) is 4.98 Å². The molecule has 3 aromatic rings. The standard InChI is InChI=1S/C31H36ClN3O3/c1-3-17-8-18-9-22(15-31(33,13-17)14-18)35-28-23-10-20(21-11-25(32)30(37)27(12-21)38-2)6-7-26(23)34-16-24(28)29(36)19-4-5-19/h6-7,10-12,16-19,22,37H,3-5,8-9,13-15,33H2,1-2H3,(H,34,35). The first-order chi connectivity index (χ1) is 18.3. The largest absolute Gasteiger partial charge is 0.503 e. The molecule has 3 aliphatic carbocycles. The summed E-state index contributed by atoms with van der Waals surface area (Å²) in [4.78, 5) is 18.1. The Morgan fingerprint density at radius 2 is 2.00 bits per heavy atom. The molecule has 7 heteroatoms. The minimum atomic E-state index is -0.145. The van der Waals surface area contributed by atoms with Gasteiger partial charge >= 0.3 is 0 Å². The van der Waals surface area contributed by atoms with E-state index in [1.165, 1.54) is 20.0 Å². The van der Waals surface area contributed by atoms with Crippen molar-refractivity contribution in [1.29, 1.82) is 0 Å². The van der Waals surface area contributed by atoms with Crippen molar-refractivity contribution in [3.05, 3.63) is 47.1 Å². The number of aromatic hydroxyl groups is 1. The molecule has 0 spiro atoms. The minimum Gasteiger partial charge on any atom is -0.503 e. The third-order valence-electron chi connectivity index (χ3n) is 8.92. The number of rotatable bonds is 7. The Hall–Kier alpha value is -2.83. The van der Waals surface area contributed by atoms with Gasteiger partial charge in [0.2, 0.25) is 0 Å². The lowest BCUT2D eigenvalue weighted by atomic mass is 9.62. The summed E-state index contributed by atoms with van der Waals surface area (Å²) in [7, 11) is 1.50. The smallest absolute Gasteiger partial charge is 0.176 e. The molecule has 6 nitrogen and oxygen atoms in total. The number of hydrogen-bond donors (Lipinski definition) is 3. The number of pyridine rings is 1. The predicted octanol–water partition coefficient (Wildman–Crippen LogP) is 6.96. The van der Waals surface area contributed by atoms with Crippen LogP contribution in [0.25, 0.3) is 22.0 Å². The van der Waals surface area contributed by atoms with E-state index in [2.05, 4.69) is 23.3 Å². The number of nitrogens with two attached hydrogens (primary N) is 1. The van der Waals surface area contributed by atoms with Crippen molar-refractivity contribution in [3.63, 3.8) is 0 Å². The van der Waals surface area contributed by atoms with Gasteiger partial charge in [-0.1, -0.05) is 31.0 Å². The summed E-state index contributed by atoms with van der Waals surface area (Å²) in [6.45, 7) is 2.28. The second-order valence-corrected chi connectivity index (χ2v) is 12.3. The molecule has 0 radical (unpaired) electrons. The number of fused-ring (bicyclic) bond motifs is 3. The van der Waals surface area contributed by atoms with Gasteiger partial charge < -0.3 is 20.9 Å². The molecule has 2 bridgehead atoms. The highest BCUT2D eigenvalue weighted by molar-refractivity contribution is 6.32. The minimum absolute atomic E-state index is 0.0797. The van der Waals surface area contributed by atoms with Gasteiger partial charge in [0, 0.05) is 29.1 Å². The third kappa shape index (κ3) is 4.73. The summed E-state index contributed by atoms with van der Waals surface area (Å²) in [5, 5.41) is 15.2. The quantitative estimate of drug-likeness (QED) is 0.284. The second kappa shape index (κ2) is 9.73. The fourth-order valence-corrected chi connectivity index (χ4v) is 7.21. The van der Waals surface area contributed by atoms with Gasteiger partial charge in [0.1, 0.15) is 0 Å². The van der Waals surface area contributed by atoms with E-state index in [0.717, 1.165) is 66.2 Å². The fourth-order valence-electron chi connectivity index (χ4n) is 6.99. The average molecular weight is 534 g/mol. The number of halogens is 1. The number of nitrogens with one attached hydrogen (secondary N) is 1. The van der Waals surface area contributed by atoms with Crippen LogP contribution in [0.5, 0.6) is 11.5 Å². The maximum absolute atomic E-state index is 13.4. The van der Waals surface area contributed by atoms with E-state index in [1.54, 1.807) is 18.3 Å². The second-order valence-electron chi connectivity index (χ2n) is 11.9. The number of carbonyl (C=O) groups is 1. The topological polar surface area (TPSA) is 97.5 Å². The lowest BCUT2D eigenvalue weighted by Crippen LogP contribution is -2.54. The molecule has 3 saturated carbocycles. The van der Waals surface area contributed by atoms with Crippen molar-refractivity contribution in [2.24, 2.45) is 23.5 Å². The third-order valence-corrected chi connectivity index (χ3v) is 9.21. The highest BCUT2D eigenvalue weighted by Gasteiger charge is 2.44. The summed E-state index contributed by atoms with van der Waals surface area (Å²) in [6, 6.07) is 9.72. The SMILES string of the molecule is CCC1CC2CC(Nc3c(C(=O)C4CC4)cnc4ccc(-c5cc(Cl)c(O)c(OC)c5)cc34)CC(N)(C1)C2. The van der Waals surface area contributed by atoms with Crippen LogP contribution in [0.4, 0.5) is 5.69 Å². The Morgan fingerprint density at radius 1 is 1.18 bits per heavy atom. The zero-order chi connectivity index (χ0) is 26.6. The summed E-state index contributed by atoms with van der Waals surface area (Å²) in [5.74, 6) is 1.83. The molecule has 4 atom stereocenters. The van der Waals surface area contributed by atoms with Crippen LogP contribution < -0.4 is 15.8 Å². The van der Waals surface area contributed by atoms with Gasteiger partial charge in [0.05, 0.1) is 28.9 Å². The van der Waals surface area contributed by atoms with Crippen molar-refractivity contribution >= 4 is 34.0 Å². The van der Waals surface area contributed by atoms with Crippen molar-refractivity contribution in [3.8, 4) is 22.6 Å². The number of aromatic nitrogens is 1. The molecule has 4 unspecified atom stereocenters. The number of carbonyl (C=O) groups excluding carboxylic acids is 1. The number of hydrogen-bond acceptors (Lipinski definition) is 6. The monoisotopic (exact) mass is 533 g/mol. The summed E-state index contributed by atoms with van der Waals surface area (Å²) in [5.41, 5.74) is 10.9.